The number of benzene rings is 2. The molecular formula is C59H83F2N9O7S. The largest absolute Gasteiger partial charge is 0.491 e. The number of aliphatic hydroxyl groups is 1. The molecule has 5 heterocycles. The Hall–Kier alpha value is -5.76. The van der Waals surface area contributed by atoms with Gasteiger partial charge in [-0.1, -0.05) is 71.9 Å². The number of amides is 4. The number of hydrogen-bond donors (Lipinski definition) is 5. The number of carbonyl (C=O) groups is 4. The van der Waals surface area contributed by atoms with Crippen LogP contribution in [0.25, 0.3) is 21.6 Å². The van der Waals surface area contributed by atoms with Crippen molar-refractivity contribution < 1.29 is 42.5 Å². The molecule has 3 aliphatic heterocycles. The van der Waals surface area contributed by atoms with E-state index in [1.807, 2.05) is 91.2 Å². The van der Waals surface area contributed by atoms with E-state index in [4.69, 9.17) is 9.47 Å². The monoisotopic (exact) mass is 1100 g/mol. The van der Waals surface area contributed by atoms with Crippen molar-refractivity contribution in [1.29, 1.82) is 0 Å². The van der Waals surface area contributed by atoms with Gasteiger partial charge in [-0.15, -0.1) is 11.3 Å². The zero-order chi connectivity index (χ0) is 56.7. The predicted molar refractivity (Wildman–Crippen MR) is 301 cm³/mol. The molecule has 0 bridgehead atoms. The number of aromatic nitrogens is 2. The van der Waals surface area contributed by atoms with Crippen molar-refractivity contribution in [1.82, 2.24) is 40.6 Å². The third kappa shape index (κ3) is 16.6. The fraction of sp³-hybridized carbons (Fsp3) is 0.593. The summed E-state index contributed by atoms with van der Waals surface area (Å²) in [6.07, 6.45) is 1.67. The van der Waals surface area contributed by atoms with Crippen LogP contribution in [-0.4, -0.2) is 141 Å². The van der Waals surface area contributed by atoms with Crippen molar-refractivity contribution >= 4 is 41.0 Å². The number of ether oxygens (including phenoxy) is 2. The van der Waals surface area contributed by atoms with Gasteiger partial charge in [-0.05, 0) is 124 Å². The Labute approximate surface area is 463 Å². The summed E-state index contributed by atoms with van der Waals surface area (Å²) in [6.45, 7) is 24.4. The van der Waals surface area contributed by atoms with Crippen LogP contribution in [0.2, 0.25) is 0 Å². The maximum absolute atomic E-state index is 14.6. The molecule has 2 aromatic carbocycles. The van der Waals surface area contributed by atoms with Crippen LogP contribution in [0.15, 0.2) is 66.3 Å². The molecule has 78 heavy (non-hydrogen) atoms. The predicted octanol–water partition coefficient (Wildman–Crippen LogP) is 9.54. The van der Waals surface area contributed by atoms with Gasteiger partial charge in [0.1, 0.15) is 35.9 Å². The molecule has 0 aliphatic carbocycles. The first-order valence-corrected chi connectivity index (χ1v) is 28.4. The van der Waals surface area contributed by atoms with E-state index in [9.17, 15) is 33.1 Å². The molecule has 3 fully saturated rings. The number of halogens is 2. The van der Waals surface area contributed by atoms with Crippen LogP contribution < -0.4 is 26.0 Å². The van der Waals surface area contributed by atoms with E-state index in [1.54, 1.807) is 56.5 Å². The summed E-state index contributed by atoms with van der Waals surface area (Å²) in [5, 5.41) is 23.3. The topological polar surface area (TPSA) is 191 Å². The number of rotatable bonds is 18. The van der Waals surface area contributed by atoms with Gasteiger partial charge in [0.15, 0.2) is 0 Å². The van der Waals surface area contributed by atoms with E-state index in [2.05, 4.69) is 41.0 Å². The van der Waals surface area contributed by atoms with Crippen LogP contribution in [0.4, 0.5) is 19.4 Å². The first-order chi connectivity index (χ1) is 36.7. The molecule has 5 atom stereocenters. The minimum absolute atomic E-state index is 0.0000938. The molecule has 5 N–H and O–H groups in total. The number of aryl methyl sites for hydroxylation is 1. The summed E-state index contributed by atoms with van der Waals surface area (Å²) in [4.78, 5) is 70.6. The van der Waals surface area contributed by atoms with Gasteiger partial charge in [-0.3, -0.25) is 19.3 Å². The molecule has 426 valence electrons. The number of pyridine rings is 1. The Morgan fingerprint density at radius 1 is 0.833 bits per heavy atom. The van der Waals surface area contributed by atoms with Crippen molar-refractivity contribution in [3.8, 4) is 27.3 Å². The highest BCUT2D eigenvalue weighted by atomic mass is 32.1. The molecule has 2 aromatic heterocycles. The number of aliphatic hydroxyl groups excluding tert-OH is 1. The lowest BCUT2D eigenvalue weighted by molar-refractivity contribution is -0.144. The van der Waals surface area contributed by atoms with Gasteiger partial charge in [0.25, 0.3) is 6.43 Å². The average Bonchev–Trinajstić information content (AvgIpc) is 4.01. The zero-order valence-electron chi connectivity index (χ0n) is 47.5. The molecule has 0 spiro atoms. The number of alkyl halides is 2. The van der Waals surface area contributed by atoms with E-state index in [0.717, 1.165) is 79.1 Å². The van der Waals surface area contributed by atoms with E-state index < -0.39 is 53.7 Å². The maximum atomic E-state index is 14.6. The number of nitrogens with one attached hydrogen (secondary N) is 4. The second-order valence-electron chi connectivity index (χ2n) is 24.7. The standard InChI is InChI=1S/C59H83F2N9O7S/c1-36(38-12-14-39(15-13-38)51-37(2)63-35-78-51)64-54(73)47-30-45(71)32-70(47)55(74)52(58(6,7)8)67-50(72)33-68-24-21-44(22-25-68)69-26-19-42(20-27-69)65-49-29-41(18-23-62-49)40-16-17-48(46(28-40)53(60)61)76-34-43(31-57(3,4)5)66-56(75)77-59(9,10)11/h12-18,23,28-29,35-36,42-45,47,52-53,71H,19-22,24-27,30-34H2,1-11H3,(H,62,65)(H,64,73)(H,66,75)(H,67,72)/t36-,43-,45+,47-,52+/m0/s1. The second kappa shape index (κ2) is 25.6. The van der Waals surface area contributed by atoms with Crippen LogP contribution in [-0.2, 0) is 19.1 Å². The third-order valence-electron chi connectivity index (χ3n) is 14.7. The summed E-state index contributed by atoms with van der Waals surface area (Å²) in [6, 6.07) is 14.4. The fourth-order valence-corrected chi connectivity index (χ4v) is 11.6. The van der Waals surface area contributed by atoms with E-state index >= 15 is 0 Å². The number of piperidine rings is 2. The van der Waals surface area contributed by atoms with Crippen LogP contribution in [0.3, 0.4) is 0 Å². The minimum atomic E-state index is -2.79. The lowest BCUT2D eigenvalue weighted by Gasteiger charge is -2.42. The van der Waals surface area contributed by atoms with Crippen LogP contribution in [0, 0.1) is 17.8 Å². The lowest BCUT2D eigenvalue weighted by Crippen LogP contribution is -2.59. The summed E-state index contributed by atoms with van der Waals surface area (Å²) in [5.74, 6) is -0.283. The number of anilines is 1. The first-order valence-electron chi connectivity index (χ1n) is 27.5. The van der Waals surface area contributed by atoms with Gasteiger partial charge in [0.2, 0.25) is 17.7 Å². The van der Waals surface area contributed by atoms with Crippen LogP contribution in [0.1, 0.15) is 137 Å². The minimum Gasteiger partial charge on any atom is -0.491 e. The number of alkyl carbamates (subject to hydrolysis) is 1. The highest BCUT2D eigenvalue weighted by molar-refractivity contribution is 7.13. The normalized spacial score (nSPS) is 19.5. The Kier molecular flexibility index (Phi) is 19.6. The van der Waals surface area contributed by atoms with Crippen molar-refractivity contribution in [3.63, 3.8) is 0 Å². The van der Waals surface area contributed by atoms with Crippen molar-refractivity contribution in [2.24, 2.45) is 10.8 Å². The van der Waals surface area contributed by atoms with Crippen molar-refractivity contribution in [2.75, 3.05) is 51.2 Å². The molecule has 0 radical (unpaired) electrons. The van der Waals surface area contributed by atoms with Crippen molar-refractivity contribution in [2.45, 2.75) is 169 Å². The number of likely N-dealkylation sites (tertiary alicyclic amines) is 3. The molecule has 3 saturated heterocycles. The van der Waals surface area contributed by atoms with E-state index in [1.165, 1.54) is 11.0 Å². The summed E-state index contributed by atoms with van der Waals surface area (Å²) >= 11 is 1.58. The SMILES string of the molecule is Cc1ncsc1-c1ccc([C@H](C)NC(=O)[C@@H]2C[C@@H](O)CN2C(=O)[C@@H](NC(=O)CN2CCC(N3CCC(Nc4cc(-c5ccc(OC[C@H](CC(C)(C)C)NC(=O)OC(C)(C)C)c(C(F)F)c5)ccn4)CC3)CC2)C(C)(C)C)cc1. The summed E-state index contributed by atoms with van der Waals surface area (Å²) in [5.41, 5.74) is 4.30. The van der Waals surface area contributed by atoms with Crippen LogP contribution in [0.5, 0.6) is 5.75 Å². The number of nitrogens with zero attached hydrogens (tertiary/aromatic N) is 5. The Morgan fingerprint density at radius 3 is 2.12 bits per heavy atom. The quantitative estimate of drug-likeness (QED) is 0.0636. The molecule has 4 aromatic rings. The molecule has 7 rings (SSSR count). The number of thiazole rings is 1. The Balaban J connectivity index is 0.864. The van der Waals surface area contributed by atoms with Gasteiger partial charge in [-0.25, -0.2) is 23.5 Å². The van der Waals surface area contributed by atoms with E-state index in [-0.39, 0.29) is 66.7 Å². The van der Waals surface area contributed by atoms with Gasteiger partial charge >= 0.3 is 6.09 Å². The van der Waals surface area contributed by atoms with Gasteiger partial charge in [0.05, 0.1) is 46.4 Å². The lowest BCUT2D eigenvalue weighted by atomic mass is 9.85. The summed E-state index contributed by atoms with van der Waals surface area (Å²) in [7, 11) is 0. The second-order valence-corrected chi connectivity index (χ2v) is 25.6. The average molecular weight is 1100 g/mol. The maximum Gasteiger partial charge on any atom is 0.407 e. The number of hydrogen-bond acceptors (Lipinski definition) is 13. The van der Waals surface area contributed by atoms with Crippen molar-refractivity contribution in [3.05, 3.63) is 83.1 Å². The van der Waals surface area contributed by atoms with Gasteiger partial charge in [0, 0.05) is 57.4 Å². The van der Waals surface area contributed by atoms with Crippen LogP contribution >= 0.6 is 11.3 Å². The third-order valence-corrected chi connectivity index (χ3v) is 15.7. The highest BCUT2D eigenvalue weighted by Gasteiger charge is 2.45. The Bertz CT molecular complexity index is 2670. The van der Waals surface area contributed by atoms with E-state index in [0.29, 0.717) is 23.8 Å². The fourth-order valence-electron chi connectivity index (χ4n) is 10.8. The molecule has 0 unspecified atom stereocenters. The highest BCUT2D eigenvalue weighted by Crippen LogP contribution is 2.36. The van der Waals surface area contributed by atoms with Gasteiger partial charge < -0.3 is 45.6 Å². The molecule has 3 aliphatic rings. The number of β-amino-alcohol motifs (C(OH)–C–C–N with tert-alkyl or cyclic N) is 1. The molecular weight excluding hydrogens is 1020 g/mol. The van der Waals surface area contributed by atoms with Gasteiger partial charge in [-0.2, -0.15) is 0 Å². The summed E-state index contributed by atoms with van der Waals surface area (Å²) < 4.78 is 40.6. The zero-order valence-corrected chi connectivity index (χ0v) is 48.3. The first kappa shape index (κ1) is 59.9. The Morgan fingerprint density at radius 2 is 1.50 bits per heavy atom. The number of carbonyl (C=O) groups excluding carboxylic acids is 4. The smallest absolute Gasteiger partial charge is 0.407 e. The molecule has 4 amide bonds. The molecule has 16 nitrogen and oxygen atoms in total. The molecule has 19 heteroatoms. The molecule has 0 saturated carbocycles.